The van der Waals surface area contributed by atoms with Crippen molar-refractivity contribution in [3.8, 4) is 0 Å². The normalized spacial score (nSPS) is 21.3. The van der Waals surface area contributed by atoms with E-state index in [2.05, 4.69) is 47.7 Å². The smallest absolute Gasteiger partial charge is 0.229 e. The molecule has 0 heterocycles. The van der Waals surface area contributed by atoms with E-state index in [1.165, 1.54) is 19.3 Å². The second-order valence-electron chi connectivity index (χ2n) is 7.48. The van der Waals surface area contributed by atoms with Crippen LogP contribution in [0, 0.1) is 11.3 Å². The molecule has 0 amide bonds. The molecule has 0 aromatic rings. The third-order valence-electron chi connectivity index (χ3n) is 3.87. The molecule has 0 saturated carbocycles. The van der Waals surface area contributed by atoms with Crippen LogP contribution >= 0.6 is 11.8 Å². The van der Waals surface area contributed by atoms with Crippen molar-refractivity contribution in [3.05, 3.63) is 10.7 Å². The third kappa shape index (κ3) is 5.48. The average Bonchev–Trinajstić information content (AvgIpc) is 2.64. The molecule has 2 nitrogen and oxygen atoms in total. The van der Waals surface area contributed by atoms with Crippen LogP contribution in [0.1, 0.15) is 60.3 Å². The van der Waals surface area contributed by atoms with Crippen LogP contribution in [0.5, 0.6) is 0 Å². The zero-order valence-corrected chi connectivity index (χ0v) is 16.8. The average molecular weight is 329 g/mol. The van der Waals surface area contributed by atoms with Crippen molar-refractivity contribution in [2.75, 3.05) is 0 Å². The molecule has 1 aliphatic carbocycles. The molecule has 122 valence electrons. The van der Waals surface area contributed by atoms with Gasteiger partial charge in [0.05, 0.1) is 4.91 Å². The Hall–Kier alpha value is -0.223. The van der Waals surface area contributed by atoms with Gasteiger partial charge in [-0.3, -0.25) is 4.79 Å². The Morgan fingerprint density at radius 1 is 1.38 bits per heavy atom. The van der Waals surface area contributed by atoms with Crippen LogP contribution < -0.4 is 0 Å². The van der Waals surface area contributed by atoms with E-state index in [9.17, 15) is 4.79 Å². The summed E-state index contributed by atoms with van der Waals surface area (Å²) < 4.78 is 6.22. The molecule has 0 N–H and O–H groups in total. The van der Waals surface area contributed by atoms with Gasteiger partial charge in [-0.2, -0.15) is 0 Å². The van der Waals surface area contributed by atoms with E-state index in [-0.39, 0.29) is 11.3 Å². The zero-order valence-electron chi connectivity index (χ0n) is 14.8. The largest absolute Gasteiger partial charge is 0.549 e. The quantitative estimate of drug-likeness (QED) is 0.605. The minimum Gasteiger partial charge on any atom is -0.549 e. The first-order valence-corrected chi connectivity index (χ1v) is 11.9. The number of rotatable bonds is 7. The molecule has 0 fully saturated rings. The number of carbonyl (C=O) groups is 1. The minimum atomic E-state index is -1.19. The van der Waals surface area contributed by atoms with Crippen molar-refractivity contribution in [2.24, 2.45) is 11.3 Å². The predicted molar refractivity (Wildman–Crippen MR) is 96.1 cm³/mol. The van der Waals surface area contributed by atoms with Crippen LogP contribution in [0.15, 0.2) is 10.7 Å². The molecule has 4 heteroatoms. The molecule has 0 radical (unpaired) electrons. The van der Waals surface area contributed by atoms with Crippen LogP contribution in [0.4, 0.5) is 0 Å². The van der Waals surface area contributed by atoms with E-state index in [1.807, 2.05) is 0 Å². The van der Waals surface area contributed by atoms with Gasteiger partial charge in [-0.15, -0.1) is 11.8 Å². The molecule has 0 spiro atoms. The number of carbonyl (C=O) groups excluding carboxylic acids is 1. The van der Waals surface area contributed by atoms with Crippen molar-refractivity contribution < 1.29 is 9.22 Å². The summed E-state index contributed by atoms with van der Waals surface area (Å²) >= 11 is 1.75. The van der Waals surface area contributed by atoms with Crippen molar-refractivity contribution in [3.63, 3.8) is 0 Å². The zero-order chi connectivity index (χ0) is 16.2. The summed E-state index contributed by atoms with van der Waals surface area (Å²) in [4.78, 5) is 13.4. The maximum absolute atomic E-state index is 12.5. The van der Waals surface area contributed by atoms with Gasteiger partial charge in [0.2, 0.25) is 9.04 Å². The summed E-state index contributed by atoms with van der Waals surface area (Å²) in [6, 6.07) is 0. The molecule has 1 rings (SSSR count). The lowest BCUT2D eigenvalue weighted by atomic mass is 9.79. The van der Waals surface area contributed by atoms with E-state index in [0.717, 1.165) is 10.7 Å². The standard InChI is InChI=1S/C17H32O2SSi/c1-8-9-10-12(2)20-16-14(18)11-13(17(3,4)5)15(16)19-21(6)7/h12-13,21H,8-11H2,1-7H3/t12?,13-/m0/s1. The number of ketones is 1. The van der Waals surface area contributed by atoms with E-state index in [1.54, 1.807) is 11.8 Å². The van der Waals surface area contributed by atoms with E-state index in [0.29, 0.717) is 17.5 Å². The molecule has 1 aliphatic rings. The van der Waals surface area contributed by atoms with Gasteiger partial charge >= 0.3 is 0 Å². The molecule has 0 aliphatic heterocycles. The first-order chi connectivity index (χ1) is 9.66. The monoisotopic (exact) mass is 328 g/mol. The number of thioether (sulfide) groups is 1. The summed E-state index contributed by atoms with van der Waals surface area (Å²) in [5.41, 5.74) is 0.0866. The molecular weight excluding hydrogens is 296 g/mol. The highest BCUT2D eigenvalue weighted by Gasteiger charge is 2.41. The summed E-state index contributed by atoms with van der Waals surface area (Å²) in [6.07, 6.45) is 4.24. The van der Waals surface area contributed by atoms with Gasteiger partial charge in [0.15, 0.2) is 5.78 Å². The molecule has 1 unspecified atom stereocenters. The number of Topliss-reactive ketones (excluding diaryl/α,β-unsaturated/α-hetero) is 1. The van der Waals surface area contributed by atoms with Gasteiger partial charge in [-0.25, -0.2) is 0 Å². The molecule has 0 saturated heterocycles. The topological polar surface area (TPSA) is 26.3 Å². The fourth-order valence-corrected chi connectivity index (χ4v) is 4.71. The Bertz CT molecular complexity index is 396. The maximum Gasteiger partial charge on any atom is 0.229 e. The van der Waals surface area contributed by atoms with Crippen LogP contribution in [-0.4, -0.2) is 20.1 Å². The fraction of sp³-hybridized carbons (Fsp3) is 0.824. The Morgan fingerprint density at radius 3 is 2.48 bits per heavy atom. The van der Waals surface area contributed by atoms with Crippen LogP contribution in [0.25, 0.3) is 0 Å². The summed E-state index contributed by atoms with van der Waals surface area (Å²) in [7, 11) is -1.19. The third-order valence-corrected chi connectivity index (χ3v) is 5.90. The predicted octanol–water partition coefficient (Wildman–Crippen LogP) is 5.15. The Labute approximate surface area is 136 Å². The minimum absolute atomic E-state index is 0.0866. The van der Waals surface area contributed by atoms with Gasteiger partial charge in [-0.05, 0) is 24.9 Å². The van der Waals surface area contributed by atoms with E-state index in [4.69, 9.17) is 4.43 Å². The molecular formula is C17H32O2SSi. The van der Waals surface area contributed by atoms with Gasteiger partial charge in [0.1, 0.15) is 5.76 Å². The second-order valence-corrected chi connectivity index (χ2v) is 11.3. The highest BCUT2D eigenvalue weighted by Crippen LogP contribution is 2.46. The fourth-order valence-electron chi connectivity index (χ4n) is 2.63. The highest BCUT2D eigenvalue weighted by molar-refractivity contribution is 8.04. The van der Waals surface area contributed by atoms with Crippen molar-refractivity contribution in [1.29, 1.82) is 0 Å². The van der Waals surface area contributed by atoms with Crippen LogP contribution in [-0.2, 0) is 9.22 Å². The number of hydrogen-bond donors (Lipinski definition) is 0. The molecule has 2 atom stereocenters. The first-order valence-electron chi connectivity index (χ1n) is 8.27. The lowest BCUT2D eigenvalue weighted by Crippen LogP contribution is -2.24. The highest BCUT2D eigenvalue weighted by atomic mass is 32.2. The molecule has 21 heavy (non-hydrogen) atoms. The number of hydrogen-bond acceptors (Lipinski definition) is 3. The van der Waals surface area contributed by atoms with Crippen molar-refractivity contribution in [1.82, 2.24) is 0 Å². The molecule has 0 aromatic heterocycles. The van der Waals surface area contributed by atoms with E-state index >= 15 is 0 Å². The van der Waals surface area contributed by atoms with Crippen molar-refractivity contribution >= 4 is 26.6 Å². The SMILES string of the molecule is CCCCC(C)SC1=C(O[SiH](C)C)[C@@H](C(C)(C)C)CC1=O. The number of allylic oxidation sites excluding steroid dienone is 2. The lowest BCUT2D eigenvalue weighted by Gasteiger charge is -2.30. The molecule has 0 aromatic carbocycles. The first kappa shape index (κ1) is 18.8. The molecule has 0 bridgehead atoms. The number of unbranched alkanes of at least 4 members (excludes halogenated alkanes) is 1. The van der Waals surface area contributed by atoms with Gasteiger partial charge in [0.25, 0.3) is 0 Å². The van der Waals surface area contributed by atoms with Gasteiger partial charge in [-0.1, -0.05) is 47.5 Å². The summed E-state index contributed by atoms with van der Waals surface area (Å²) in [6.45, 7) is 15.4. The van der Waals surface area contributed by atoms with Crippen molar-refractivity contribution in [2.45, 2.75) is 78.6 Å². The lowest BCUT2D eigenvalue weighted by molar-refractivity contribution is -0.115. The Morgan fingerprint density at radius 2 is 2.00 bits per heavy atom. The van der Waals surface area contributed by atoms with Crippen LogP contribution in [0.3, 0.4) is 0 Å². The van der Waals surface area contributed by atoms with Gasteiger partial charge in [0, 0.05) is 17.6 Å². The second kappa shape index (κ2) is 7.86. The maximum atomic E-state index is 12.5. The summed E-state index contributed by atoms with van der Waals surface area (Å²) in [5, 5.41) is 0.495. The van der Waals surface area contributed by atoms with Gasteiger partial charge < -0.3 is 4.43 Å². The Balaban J connectivity index is 2.97. The van der Waals surface area contributed by atoms with E-state index < -0.39 is 9.04 Å². The summed E-state index contributed by atoms with van der Waals surface area (Å²) in [5.74, 6) is 1.57. The Kier molecular flexibility index (Phi) is 7.05. The van der Waals surface area contributed by atoms with Crippen LogP contribution in [0.2, 0.25) is 13.1 Å².